The van der Waals surface area contributed by atoms with Crippen LogP contribution in [0.5, 0.6) is 0 Å². The molecule has 2 saturated heterocycles. The van der Waals surface area contributed by atoms with Crippen molar-refractivity contribution in [1.82, 2.24) is 9.21 Å². The van der Waals surface area contributed by atoms with Gasteiger partial charge < -0.3 is 10.2 Å². The van der Waals surface area contributed by atoms with Crippen molar-refractivity contribution in [3.8, 4) is 0 Å². The maximum Gasteiger partial charge on any atom is 0.243 e. The normalized spacial score (nSPS) is 19.8. The zero-order valence-corrected chi connectivity index (χ0v) is 19.1. The van der Waals surface area contributed by atoms with Gasteiger partial charge in [-0.3, -0.25) is 9.59 Å². The fourth-order valence-electron chi connectivity index (χ4n) is 4.25. The Labute approximate surface area is 189 Å². The molecular formula is C24H29N3O4S. The summed E-state index contributed by atoms with van der Waals surface area (Å²) in [6.45, 7) is 3.90. The number of piperidine rings is 1. The third-order valence-electron chi connectivity index (χ3n) is 6.13. The minimum atomic E-state index is -3.57. The molecule has 2 fully saturated rings. The topological polar surface area (TPSA) is 86.8 Å². The average molecular weight is 456 g/mol. The third-order valence-corrected chi connectivity index (χ3v) is 8.03. The molecule has 8 heteroatoms. The second kappa shape index (κ2) is 9.42. The number of carbonyl (C=O) groups is 2. The summed E-state index contributed by atoms with van der Waals surface area (Å²) in [5, 5.41) is 2.81. The van der Waals surface area contributed by atoms with Crippen LogP contribution in [0.3, 0.4) is 0 Å². The van der Waals surface area contributed by atoms with E-state index in [1.54, 1.807) is 23.1 Å². The number of amides is 2. The van der Waals surface area contributed by atoms with Crippen molar-refractivity contribution in [3.63, 3.8) is 0 Å². The molecule has 0 aromatic heterocycles. The molecule has 1 atom stereocenters. The first-order valence-corrected chi connectivity index (χ1v) is 12.5. The van der Waals surface area contributed by atoms with Gasteiger partial charge in [-0.25, -0.2) is 8.42 Å². The van der Waals surface area contributed by atoms with E-state index in [1.807, 2.05) is 31.2 Å². The molecule has 2 amide bonds. The molecule has 0 aliphatic carbocycles. The number of nitrogens with zero attached hydrogens (tertiary/aromatic N) is 2. The number of benzene rings is 2. The van der Waals surface area contributed by atoms with Gasteiger partial charge in [0, 0.05) is 38.3 Å². The van der Waals surface area contributed by atoms with Crippen LogP contribution in [-0.2, 0) is 26.2 Å². The number of carbonyl (C=O) groups excluding carboxylic acids is 2. The van der Waals surface area contributed by atoms with Crippen molar-refractivity contribution in [2.45, 2.75) is 44.0 Å². The number of aryl methyl sites for hydroxylation is 1. The van der Waals surface area contributed by atoms with Gasteiger partial charge in [-0.1, -0.05) is 42.3 Å². The van der Waals surface area contributed by atoms with Gasteiger partial charge in [0.2, 0.25) is 21.8 Å². The van der Waals surface area contributed by atoms with Crippen molar-refractivity contribution in [1.29, 1.82) is 0 Å². The number of hydrogen-bond acceptors (Lipinski definition) is 4. The standard InChI is InChI=1S/C24H29N3O4S/c1-18-8-10-19(11-9-18)16-26-17-20(14-23(26)28)24(29)25-21-6-5-7-22(15-21)32(30,31)27-12-3-2-4-13-27/h5-11,15,20H,2-4,12-14,16-17H2,1H3,(H,25,29)/t20-/m0/s1. The van der Waals surface area contributed by atoms with Crippen molar-refractivity contribution in [3.05, 3.63) is 59.7 Å². The number of nitrogens with one attached hydrogen (secondary N) is 1. The summed E-state index contributed by atoms with van der Waals surface area (Å²) in [5.41, 5.74) is 2.61. The van der Waals surface area contributed by atoms with E-state index in [2.05, 4.69) is 5.32 Å². The van der Waals surface area contributed by atoms with Crippen molar-refractivity contribution in [2.24, 2.45) is 5.92 Å². The van der Waals surface area contributed by atoms with Crippen molar-refractivity contribution < 1.29 is 18.0 Å². The molecule has 0 unspecified atom stereocenters. The van der Waals surface area contributed by atoms with E-state index < -0.39 is 15.9 Å². The SMILES string of the molecule is Cc1ccc(CN2C[C@@H](C(=O)Nc3cccc(S(=O)(=O)N4CCCCC4)c3)CC2=O)cc1. The van der Waals surface area contributed by atoms with E-state index in [0.29, 0.717) is 31.9 Å². The molecule has 2 aliphatic heterocycles. The van der Waals surface area contributed by atoms with E-state index in [4.69, 9.17) is 0 Å². The summed E-state index contributed by atoms with van der Waals surface area (Å²) in [5.74, 6) is -0.778. The first-order valence-electron chi connectivity index (χ1n) is 11.1. The van der Waals surface area contributed by atoms with E-state index in [-0.39, 0.29) is 23.1 Å². The Morgan fingerprint density at radius 3 is 2.50 bits per heavy atom. The minimum Gasteiger partial charge on any atom is -0.338 e. The van der Waals surface area contributed by atoms with Crippen LogP contribution in [0.2, 0.25) is 0 Å². The molecule has 0 radical (unpaired) electrons. The first kappa shape index (κ1) is 22.5. The highest BCUT2D eigenvalue weighted by atomic mass is 32.2. The molecule has 7 nitrogen and oxygen atoms in total. The largest absolute Gasteiger partial charge is 0.338 e. The van der Waals surface area contributed by atoms with E-state index in [1.165, 1.54) is 10.4 Å². The van der Waals surface area contributed by atoms with E-state index >= 15 is 0 Å². The molecule has 0 saturated carbocycles. The van der Waals surface area contributed by atoms with Gasteiger partial charge >= 0.3 is 0 Å². The predicted octanol–water partition coefficient (Wildman–Crippen LogP) is 3.16. The maximum atomic E-state index is 12.9. The van der Waals surface area contributed by atoms with Crippen LogP contribution >= 0.6 is 0 Å². The monoisotopic (exact) mass is 455 g/mol. The van der Waals surface area contributed by atoms with Crippen LogP contribution < -0.4 is 5.32 Å². The van der Waals surface area contributed by atoms with Crippen LogP contribution in [0, 0.1) is 12.8 Å². The third kappa shape index (κ3) is 5.02. The summed E-state index contributed by atoms with van der Waals surface area (Å²) in [6, 6.07) is 14.4. The van der Waals surface area contributed by atoms with Gasteiger partial charge in [0.05, 0.1) is 10.8 Å². The predicted molar refractivity (Wildman–Crippen MR) is 122 cm³/mol. The lowest BCUT2D eigenvalue weighted by molar-refractivity contribution is -0.128. The molecule has 1 N–H and O–H groups in total. The lowest BCUT2D eigenvalue weighted by Gasteiger charge is -2.26. The molecular weight excluding hydrogens is 426 g/mol. The quantitative estimate of drug-likeness (QED) is 0.725. The summed E-state index contributed by atoms with van der Waals surface area (Å²) in [4.78, 5) is 27.1. The highest BCUT2D eigenvalue weighted by molar-refractivity contribution is 7.89. The average Bonchev–Trinajstić information content (AvgIpc) is 3.16. The number of sulfonamides is 1. The maximum absolute atomic E-state index is 12.9. The molecule has 2 aromatic carbocycles. The van der Waals surface area contributed by atoms with Gasteiger partial charge in [-0.15, -0.1) is 0 Å². The Balaban J connectivity index is 1.40. The summed E-state index contributed by atoms with van der Waals surface area (Å²) in [6.07, 6.45) is 2.93. The number of anilines is 1. The fourth-order valence-corrected chi connectivity index (χ4v) is 5.81. The summed E-state index contributed by atoms with van der Waals surface area (Å²) >= 11 is 0. The number of likely N-dealkylation sites (tertiary alicyclic amines) is 1. The molecule has 2 aliphatic rings. The highest BCUT2D eigenvalue weighted by Crippen LogP contribution is 2.25. The van der Waals surface area contributed by atoms with Gasteiger partial charge in [-0.2, -0.15) is 4.31 Å². The van der Waals surface area contributed by atoms with Crippen LogP contribution in [0.1, 0.15) is 36.8 Å². The smallest absolute Gasteiger partial charge is 0.243 e. The number of hydrogen-bond donors (Lipinski definition) is 1. The van der Waals surface area contributed by atoms with Gasteiger partial charge in [-0.05, 0) is 43.5 Å². The Hall–Kier alpha value is -2.71. The Bertz CT molecular complexity index is 1090. The van der Waals surface area contributed by atoms with Crippen LogP contribution in [0.25, 0.3) is 0 Å². The molecule has 0 spiro atoms. The van der Waals surface area contributed by atoms with Crippen LogP contribution in [0.15, 0.2) is 53.4 Å². The van der Waals surface area contributed by atoms with Gasteiger partial charge in [0.15, 0.2) is 0 Å². The summed E-state index contributed by atoms with van der Waals surface area (Å²) < 4.78 is 27.4. The molecule has 170 valence electrons. The Morgan fingerprint density at radius 1 is 1.06 bits per heavy atom. The minimum absolute atomic E-state index is 0.0489. The van der Waals surface area contributed by atoms with Crippen molar-refractivity contribution in [2.75, 3.05) is 25.0 Å². The molecule has 0 bridgehead atoms. The zero-order valence-electron chi connectivity index (χ0n) is 18.3. The molecule has 4 rings (SSSR count). The number of rotatable bonds is 6. The second-order valence-corrected chi connectivity index (χ2v) is 10.6. The highest BCUT2D eigenvalue weighted by Gasteiger charge is 2.34. The van der Waals surface area contributed by atoms with E-state index in [9.17, 15) is 18.0 Å². The van der Waals surface area contributed by atoms with Crippen LogP contribution in [0.4, 0.5) is 5.69 Å². The lowest BCUT2D eigenvalue weighted by Crippen LogP contribution is -2.35. The fraction of sp³-hybridized carbons (Fsp3) is 0.417. The lowest BCUT2D eigenvalue weighted by atomic mass is 10.1. The van der Waals surface area contributed by atoms with Crippen molar-refractivity contribution >= 4 is 27.5 Å². The van der Waals surface area contributed by atoms with Crippen LogP contribution in [-0.4, -0.2) is 49.1 Å². The Kier molecular flexibility index (Phi) is 6.62. The van der Waals surface area contributed by atoms with Gasteiger partial charge in [0.1, 0.15) is 0 Å². The first-order chi connectivity index (χ1) is 15.3. The summed E-state index contributed by atoms with van der Waals surface area (Å²) in [7, 11) is -3.57. The molecule has 32 heavy (non-hydrogen) atoms. The molecule has 2 aromatic rings. The zero-order chi connectivity index (χ0) is 22.7. The second-order valence-electron chi connectivity index (χ2n) is 8.64. The molecule has 2 heterocycles. The van der Waals surface area contributed by atoms with Gasteiger partial charge in [0.25, 0.3) is 0 Å². The van der Waals surface area contributed by atoms with E-state index in [0.717, 1.165) is 30.4 Å². The Morgan fingerprint density at radius 2 is 1.78 bits per heavy atom.